The van der Waals surface area contributed by atoms with Crippen molar-refractivity contribution >= 4 is 15.9 Å². The third-order valence-corrected chi connectivity index (χ3v) is 1.78. The molecular weight excluding hydrogens is 168 g/mol. The van der Waals surface area contributed by atoms with Crippen LogP contribution < -0.4 is 10.3 Å². The van der Waals surface area contributed by atoms with Gasteiger partial charge in [0.2, 0.25) is 15.9 Å². The molecule has 0 aromatic carbocycles. The number of hydrogen-bond acceptors (Lipinski definition) is 3. The smallest absolute Gasteiger partial charge is 0.238 e. The van der Waals surface area contributed by atoms with Gasteiger partial charge in [0.05, 0.1) is 6.26 Å². The summed E-state index contributed by atoms with van der Waals surface area (Å²) in [6.45, 7) is 0. The summed E-state index contributed by atoms with van der Waals surface area (Å²) in [5.74, 6) is -0.223. The molecule has 1 saturated carbocycles. The lowest BCUT2D eigenvalue weighted by molar-refractivity contribution is -0.122. The van der Waals surface area contributed by atoms with Gasteiger partial charge in [0, 0.05) is 5.92 Å². The molecule has 1 fully saturated rings. The van der Waals surface area contributed by atoms with E-state index in [1.165, 1.54) is 0 Å². The van der Waals surface area contributed by atoms with E-state index >= 15 is 0 Å². The summed E-state index contributed by atoms with van der Waals surface area (Å²) in [4.78, 5) is 12.7. The lowest BCUT2D eigenvalue weighted by Crippen LogP contribution is -2.41. The standard InChI is InChI=1S/C5H10N2O3S/c1-11(9,10)7-6-5(8)4-2-3-4/h4,7H,2-3H2,1H3,(H,6,8). The van der Waals surface area contributed by atoms with Gasteiger partial charge in [-0.25, -0.2) is 8.42 Å². The Labute approximate surface area is 65.2 Å². The number of amides is 1. The molecule has 2 N–H and O–H groups in total. The van der Waals surface area contributed by atoms with E-state index in [1.807, 2.05) is 4.83 Å². The van der Waals surface area contributed by atoms with Crippen molar-refractivity contribution in [3.8, 4) is 0 Å². The number of sulfonamides is 1. The van der Waals surface area contributed by atoms with Crippen LogP contribution in [0.5, 0.6) is 0 Å². The van der Waals surface area contributed by atoms with E-state index in [0.717, 1.165) is 19.1 Å². The van der Waals surface area contributed by atoms with Crippen molar-refractivity contribution in [2.45, 2.75) is 12.8 Å². The first-order chi connectivity index (χ1) is 4.99. The maximum atomic E-state index is 10.8. The molecule has 0 atom stereocenters. The second-order valence-electron chi connectivity index (χ2n) is 2.64. The Balaban J connectivity index is 2.26. The largest absolute Gasteiger partial charge is 0.278 e. The fourth-order valence-electron chi connectivity index (χ4n) is 0.591. The SMILES string of the molecule is CS(=O)(=O)NNC(=O)C1CC1. The van der Waals surface area contributed by atoms with Gasteiger partial charge in [0.15, 0.2) is 0 Å². The molecule has 1 amide bonds. The molecule has 5 nitrogen and oxygen atoms in total. The lowest BCUT2D eigenvalue weighted by atomic mass is 10.4. The summed E-state index contributed by atoms with van der Waals surface area (Å²) in [5.41, 5.74) is 2.11. The number of nitrogens with one attached hydrogen (secondary N) is 2. The van der Waals surface area contributed by atoms with Gasteiger partial charge in [0.25, 0.3) is 0 Å². The highest BCUT2D eigenvalue weighted by atomic mass is 32.2. The van der Waals surface area contributed by atoms with Gasteiger partial charge in [-0.1, -0.05) is 0 Å². The molecule has 0 heterocycles. The molecule has 0 aromatic rings. The molecule has 64 valence electrons. The molecule has 1 aliphatic rings. The number of rotatable bonds is 3. The maximum Gasteiger partial charge on any atom is 0.238 e. The molecule has 0 saturated heterocycles. The van der Waals surface area contributed by atoms with Gasteiger partial charge in [-0.3, -0.25) is 10.2 Å². The number of carbonyl (C=O) groups excluding carboxylic acids is 1. The zero-order valence-electron chi connectivity index (χ0n) is 6.12. The van der Waals surface area contributed by atoms with E-state index in [1.54, 1.807) is 0 Å². The monoisotopic (exact) mass is 178 g/mol. The van der Waals surface area contributed by atoms with Crippen LogP contribution in [-0.2, 0) is 14.8 Å². The van der Waals surface area contributed by atoms with E-state index in [9.17, 15) is 13.2 Å². The third-order valence-electron chi connectivity index (χ3n) is 1.31. The van der Waals surface area contributed by atoms with E-state index in [0.29, 0.717) is 0 Å². The van der Waals surface area contributed by atoms with Crippen molar-refractivity contribution in [3.05, 3.63) is 0 Å². The fourth-order valence-corrected chi connectivity index (χ4v) is 0.877. The van der Waals surface area contributed by atoms with Crippen LogP contribution >= 0.6 is 0 Å². The highest BCUT2D eigenvalue weighted by Gasteiger charge is 2.29. The Kier molecular flexibility index (Phi) is 2.15. The minimum absolute atomic E-state index is 0.0178. The summed E-state index contributed by atoms with van der Waals surface area (Å²) < 4.78 is 20.9. The summed E-state index contributed by atoms with van der Waals surface area (Å²) in [7, 11) is -3.31. The van der Waals surface area contributed by atoms with E-state index in [4.69, 9.17) is 0 Å². The Morgan fingerprint density at radius 1 is 1.45 bits per heavy atom. The summed E-state index contributed by atoms with van der Waals surface area (Å²) >= 11 is 0. The zero-order valence-corrected chi connectivity index (χ0v) is 6.94. The Hall–Kier alpha value is -0.620. The molecule has 0 unspecified atom stereocenters. The second-order valence-corrected chi connectivity index (χ2v) is 4.39. The molecule has 0 aliphatic heterocycles. The Morgan fingerprint density at radius 3 is 2.36 bits per heavy atom. The first-order valence-electron chi connectivity index (χ1n) is 3.26. The van der Waals surface area contributed by atoms with Crippen LogP contribution in [0.4, 0.5) is 0 Å². The average molecular weight is 178 g/mol. The van der Waals surface area contributed by atoms with Crippen LogP contribution in [0.3, 0.4) is 0 Å². The topological polar surface area (TPSA) is 75.3 Å². The van der Waals surface area contributed by atoms with E-state index < -0.39 is 10.0 Å². The van der Waals surface area contributed by atoms with Crippen LogP contribution in [0.25, 0.3) is 0 Å². The molecule has 1 rings (SSSR count). The Morgan fingerprint density at radius 2 is 2.00 bits per heavy atom. The normalized spacial score (nSPS) is 17.9. The van der Waals surface area contributed by atoms with Crippen molar-refractivity contribution in [2.75, 3.05) is 6.26 Å². The predicted molar refractivity (Wildman–Crippen MR) is 38.8 cm³/mol. The van der Waals surface area contributed by atoms with E-state index in [-0.39, 0.29) is 11.8 Å². The summed E-state index contributed by atoms with van der Waals surface area (Å²) in [6, 6.07) is 0. The van der Waals surface area contributed by atoms with Crippen molar-refractivity contribution in [2.24, 2.45) is 5.92 Å². The van der Waals surface area contributed by atoms with Gasteiger partial charge in [0.1, 0.15) is 0 Å². The maximum absolute atomic E-state index is 10.8. The van der Waals surface area contributed by atoms with Crippen molar-refractivity contribution in [3.63, 3.8) is 0 Å². The average Bonchev–Trinajstić information content (AvgIpc) is 2.61. The summed E-state index contributed by atoms with van der Waals surface area (Å²) in [6.07, 6.45) is 2.70. The minimum Gasteiger partial charge on any atom is -0.278 e. The fraction of sp³-hybridized carbons (Fsp3) is 0.800. The third kappa shape index (κ3) is 3.33. The van der Waals surface area contributed by atoms with Crippen LogP contribution in [0, 0.1) is 5.92 Å². The van der Waals surface area contributed by atoms with Gasteiger partial charge >= 0.3 is 0 Å². The predicted octanol–water partition coefficient (Wildman–Crippen LogP) is -1.02. The highest BCUT2D eigenvalue weighted by Crippen LogP contribution is 2.28. The first kappa shape index (κ1) is 8.48. The van der Waals surface area contributed by atoms with Crippen molar-refractivity contribution in [1.29, 1.82) is 0 Å². The van der Waals surface area contributed by atoms with Gasteiger partial charge in [-0.15, -0.1) is 4.83 Å². The van der Waals surface area contributed by atoms with Crippen molar-refractivity contribution < 1.29 is 13.2 Å². The van der Waals surface area contributed by atoms with E-state index in [2.05, 4.69) is 5.43 Å². The van der Waals surface area contributed by atoms with Gasteiger partial charge in [-0.2, -0.15) is 0 Å². The zero-order chi connectivity index (χ0) is 8.48. The lowest BCUT2D eigenvalue weighted by Gasteiger charge is -2.02. The summed E-state index contributed by atoms with van der Waals surface area (Å²) in [5, 5.41) is 0. The molecule has 11 heavy (non-hydrogen) atoms. The van der Waals surface area contributed by atoms with Gasteiger partial charge in [-0.05, 0) is 12.8 Å². The minimum atomic E-state index is -3.31. The number of hydrogen-bond donors (Lipinski definition) is 2. The highest BCUT2D eigenvalue weighted by molar-refractivity contribution is 7.88. The van der Waals surface area contributed by atoms with Crippen LogP contribution in [-0.4, -0.2) is 20.6 Å². The second kappa shape index (κ2) is 2.78. The van der Waals surface area contributed by atoms with Crippen LogP contribution in [0.1, 0.15) is 12.8 Å². The molecule has 1 aliphatic carbocycles. The molecule has 0 spiro atoms. The number of carbonyl (C=O) groups is 1. The molecule has 6 heteroatoms. The molecular formula is C5H10N2O3S. The quantitative estimate of drug-likeness (QED) is 0.543. The first-order valence-corrected chi connectivity index (χ1v) is 5.15. The van der Waals surface area contributed by atoms with Gasteiger partial charge < -0.3 is 0 Å². The molecule has 0 aromatic heterocycles. The number of hydrazine groups is 1. The van der Waals surface area contributed by atoms with Crippen LogP contribution in [0.15, 0.2) is 0 Å². The van der Waals surface area contributed by atoms with Crippen molar-refractivity contribution in [1.82, 2.24) is 10.3 Å². The molecule has 0 radical (unpaired) electrons. The van der Waals surface area contributed by atoms with Crippen LogP contribution in [0.2, 0.25) is 0 Å². The Bertz CT molecular complexity index is 255. The molecule has 0 bridgehead atoms.